The van der Waals surface area contributed by atoms with Gasteiger partial charge in [0.1, 0.15) is 5.48 Å². The standard InChI is InChI=1S/C6H8N2O/c1-4-6(9)8(3)5(2)7-4/h7H,1-2H2,3H3. The van der Waals surface area contributed by atoms with E-state index in [9.17, 15) is 4.79 Å². The van der Waals surface area contributed by atoms with Gasteiger partial charge in [0, 0.05) is 7.05 Å². The molecule has 0 saturated carbocycles. The molecule has 0 aliphatic carbocycles. The first-order valence-electron chi connectivity index (χ1n) is 2.56. The normalized spacial score (nSPS) is 9.89. The molecule has 1 N–H and O–H groups in total. The average molecular weight is 124 g/mol. The third kappa shape index (κ3) is 0.700. The largest absolute Gasteiger partial charge is 0.338 e. The zero-order chi connectivity index (χ0) is 7.02. The summed E-state index contributed by atoms with van der Waals surface area (Å²) in [5.74, 6) is 0. The van der Waals surface area contributed by atoms with E-state index in [0.29, 0.717) is 10.8 Å². The SMILES string of the molecule is C=c1[nH]c(=C)n(C)c1=O. The average Bonchev–Trinajstić information content (AvgIpc) is 1.98. The van der Waals surface area contributed by atoms with Gasteiger partial charge in [-0.3, -0.25) is 9.36 Å². The molecule has 3 nitrogen and oxygen atoms in total. The second kappa shape index (κ2) is 1.62. The van der Waals surface area contributed by atoms with Gasteiger partial charge >= 0.3 is 0 Å². The van der Waals surface area contributed by atoms with E-state index in [1.165, 1.54) is 4.57 Å². The Morgan fingerprint density at radius 3 is 2.22 bits per heavy atom. The van der Waals surface area contributed by atoms with Gasteiger partial charge in [-0.25, -0.2) is 0 Å². The van der Waals surface area contributed by atoms with Crippen LogP contribution in [0.25, 0.3) is 13.2 Å². The van der Waals surface area contributed by atoms with E-state index < -0.39 is 0 Å². The third-order valence-electron chi connectivity index (χ3n) is 1.26. The van der Waals surface area contributed by atoms with Crippen LogP contribution in [0.2, 0.25) is 0 Å². The molecule has 48 valence electrons. The van der Waals surface area contributed by atoms with Crippen molar-refractivity contribution in [2.24, 2.45) is 7.05 Å². The van der Waals surface area contributed by atoms with Crippen molar-refractivity contribution in [2.75, 3.05) is 0 Å². The lowest BCUT2D eigenvalue weighted by Crippen LogP contribution is -2.27. The van der Waals surface area contributed by atoms with Gasteiger partial charge in [-0.05, 0) is 0 Å². The molecular weight excluding hydrogens is 116 g/mol. The summed E-state index contributed by atoms with van der Waals surface area (Å²) in [5, 5.41) is 0.391. The molecule has 3 heteroatoms. The molecule has 0 aromatic carbocycles. The van der Waals surface area contributed by atoms with Gasteiger partial charge in [0.25, 0.3) is 5.56 Å². The van der Waals surface area contributed by atoms with Gasteiger partial charge < -0.3 is 4.98 Å². The second-order valence-corrected chi connectivity index (χ2v) is 1.91. The Labute approximate surface area is 51.9 Å². The Morgan fingerprint density at radius 2 is 2.11 bits per heavy atom. The number of H-pyrrole nitrogens is 1. The smallest absolute Gasteiger partial charge is 0.274 e. The van der Waals surface area contributed by atoms with E-state index in [0.717, 1.165) is 0 Å². The lowest BCUT2D eigenvalue weighted by molar-refractivity contribution is 0.840. The van der Waals surface area contributed by atoms with E-state index in [1.54, 1.807) is 7.05 Å². The summed E-state index contributed by atoms with van der Waals surface area (Å²) in [4.78, 5) is 13.5. The maximum Gasteiger partial charge on any atom is 0.274 e. The predicted octanol–water partition coefficient (Wildman–Crippen LogP) is -1.47. The summed E-state index contributed by atoms with van der Waals surface area (Å²) in [6.45, 7) is 7.04. The fourth-order valence-corrected chi connectivity index (χ4v) is 0.637. The number of aromatic amines is 1. The van der Waals surface area contributed by atoms with E-state index >= 15 is 0 Å². The molecule has 0 bridgehead atoms. The Balaban J connectivity index is 3.90. The summed E-state index contributed by atoms with van der Waals surface area (Å²) < 4.78 is 1.42. The minimum absolute atomic E-state index is 0.111. The van der Waals surface area contributed by atoms with Gasteiger partial charge in [0.2, 0.25) is 0 Å². The van der Waals surface area contributed by atoms with Gasteiger partial charge in [0.05, 0.1) is 5.35 Å². The van der Waals surface area contributed by atoms with Crippen LogP contribution in [-0.4, -0.2) is 9.55 Å². The lowest BCUT2D eigenvalue weighted by Gasteiger charge is -1.80. The highest BCUT2D eigenvalue weighted by Gasteiger charge is 1.90. The van der Waals surface area contributed by atoms with Crippen LogP contribution in [0.15, 0.2) is 4.79 Å². The van der Waals surface area contributed by atoms with Crippen molar-refractivity contribution >= 4 is 13.2 Å². The number of hydrogen-bond acceptors (Lipinski definition) is 1. The molecule has 1 aromatic heterocycles. The van der Waals surface area contributed by atoms with Crippen LogP contribution in [0.1, 0.15) is 0 Å². The molecule has 0 saturated heterocycles. The minimum atomic E-state index is -0.111. The molecule has 0 fully saturated rings. The summed E-state index contributed by atoms with van der Waals surface area (Å²) in [6, 6.07) is 0. The quantitative estimate of drug-likeness (QED) is 0.450. The van der Waals surface area contributed by atoms with Crippen molar-refractivity contribution < 1.29 is 0 Å². The number of hydrogen-bond donors (Lipinski definition) is 1. The first-order chi connectivity index (χ1) is 4.13. The third-order valence-corrected chi connectivity index (χ3v) is 1.26. The van der Waals surface area contributed by atoms with E-state index in [-0.39, 0.29) is 5.56 Å². The van der Waals surface area contributed by atoms with Gasteiger partial charge in [0.15, 0.2) is 0 Å². The molecule has 1 aromatic rings. The second-order valence-electron chi connectivity index (χ2n) is 1.91. The molecule has 0 unspecified atom stereocenters. The van der Waals surface area contributed by atoms with Gasteiger partial charge in [-0.2, -0.15) is 0 Å². The van der Waals surface area contributed by atoms with Crippen molar-refractivity contribution in [1.82, 2.24) is 9.55 Å². The Hall–Kier alpha value is -1.25. The first-order valence-corrected chi connectivity index (χ1v) is 2.56. The molecule has 0 spiro atoms. The monoisotopic (exact) mass is 124 g/mol. The fourth-order valence-electron chi connectivity index (χ4n) is 0.637. The predicted molar refractivity (Wildman–Crippen MR) is 36.3 cm³/mol. The number of aromatic nitrogens is 2. The highest BCUT2D eigenvalue weighted by molar-refractivity contribution is 4.98. The number of nitrogens with zero attached hydrogens (tertiary/aromatic N) is 1. The molecule has 9 heavy (non-hydrogen) atoms. The van der Waals surface area contributed by atoms with Crippen molar-refractivity contribution in [3.05, 3.63) is 21.2 Å². The van der Waals surface area contributed by atoms with E-state index in [2.05, 4.69) is 18.1 Å². The van der Waals surface area contributed by atoms with Crippen LogP contribution < -0.4 is 16.4 Å². The van der Waals surface area contributed by atoms with Crippen LogP contribution in [-0.2, 0) is 7.05 Å². The highest BCUT2D eigenvalue weighted by atomic mass is 16.1. The van der Waals surface area contributed by atoms with Crippen LogP contribution in [0.4, 0.5) is 0 Å². The highest BCUT2D eigenvalue weighted by Crippen LogP contribution is 1.45. The van der Waals surface area contributed by atoms with Gasteiger partial charge in [-0.1, -0.05) is 13.2 Å². The molecule has 0 amide bonds. The molecular formula is C6H8N2O. The van der Waals surface area contributed by atoms with Crippen molar-refractivity contribution in [2.45, 2.75) is 0 Å². The lowest BCUT2D eigenvalue weighted by atomic mass is 10.7. The molecule has 0 aliphatic heterocycles. The molecule has 1 rings (SSSR count). The Morgan fingerprint density at radius 1 is 1.56 bits per heavy atom. The maximum absolute atomic E-state index is 10.8. The first kappa shape index (κ1) is 5.88. The van der Waals surface area contributed by atoms with Crippen molar-refractivity contribution in [3.8, 4) is 0 Å². The molecule has 0 aliphatic rings. The number of rotatable bonds is 0. The minimum Gasteiger partial charge on any atom is -0.338 e. The van der Waals surface area contributed by atoms with Crippen molar-refractivity contribution in [3.63, 3.8) is 0 Å². The van der Waals surface area contributed by atoms with E-state index in [4.69, 9.17) is 0 Å². The molecule has 0 atom stereocenters. The summed E-state index contributed by atoms with van der Waals surface area (Å²) in [6.07, 6.45) is 0. The summed E-state index contributed by atoms with van der Waals surface area (Å²) >= 11 is 0. The zero-order valence-electron chi connectivity index (χ0n) is 5.27. The zero-order valence-corrected chi connectivity index (χ0v) is 5.27. The topological polar surface area (TPSA) is 37.8 Å². The van der Waals surface area contributed by atoms with Crippen LogP contribution in [0.5, 0.6) is 0 Å². The van der Waals surface area contributed by atoms with E-state index in [1.807, 2.05) is 0 Å². The Kier molecular flexibility index (Phi) is 1.06. The number of nitrogens with one attached hydrogen (secondary N) is 1. The molecule has 1 heterocycles. The maximum atomic E-state index is 10.8. The van der Waals surface area contributed by atoms with Crippen LogP contribution >= 0.6 is 0 Å². The van der Waals surface area contributed by atoms with Crippen LogP contribution in [0, 0.1) is 0 Å². The summed E-state index contributed by atoms with van der Waals surface area (Å²) in [7, 11) is 1.65. The Bertz CT molecular complexity index is 357. The fraction of sp³-hybridized carbons (Fsp3) is 0.167. The molecule has 0 radical (unpaired) electrons. The summed E-state index contributed by atoms with van der Waals surface area (Å²) in [5.41, 5.74) is 0.477. The number of imidazole rings is 1. The van der Waals surface area contributed by atoms with Crippen molar-refractivity contribution in [1.29, 1.82) is 0 Å². The van der Waals surface area contributed by atoms with Crippen LogP contribution in [0.3, 0.4) is 0 Å². The van der Waals surface area contributed by atoms with Gasteiger partial charge in [-0.15, -0.1) is 0 Å².